The normalized spacial score (nSPS) is 10.2. The highest BCUT2D eigenvalue weighted by Gasteiger charge is 2.22. The van der Waals surface area contributed by atoms with Crippen molar-refractivity contribution < 1.29 is 38.6 Å². The predicted molar refractivity (Wildman–Crippen MR) is 101 cm³/mol. The number of carbonyl (C=O) groups is 2. The second-order valence-corrected chi connectivity index (χ2v) is 6.13. The third kappa shape index (κ3) is 8.94. The summed E-state index contributed by atoms with van der Waals surface area (Å²) >= 11 is 0. The zero-order valence-corrected chi connectivity index (χ0v) is 16.9. The molecule has 158 valence electrons. The highest BCUT2D eigenvalue weighted by Crippen LogP contribution is 2.28. The van der Waals surface area contributed by atoms with Crippen LogP contribution in [0.2, 0.25) is 0 Å². The predicted octanol–water partition coefficient (Wildman–Crippen LogP) is 5.00. The van der Waals surface area contributed by atoms with E-state index in [4.69, 9.17) is 14.2 Å². The van der Waals surface area contributed by atoms with Gasteiger partial charge in [-0.2, -0.15) is 0 Å². The maximum absolute atomic E-state index is 12.1. The first-order valence-electron chi connectivity index (χ1n) is 9.57. The van der Waals surface area contributed by atoms with Crippen LogP contribution in [0.5, 0.6) is 11.5 Å². The molecule has 28 heavy (non-hydrogen) atoms. The largest absolute Gasteiger partial charge is 0.543 e. The number of unbranched alkanes of at least 4 members (excludes halogenated alkanes) is 7. The van der Waals surface area contributed by atoms with Gasteiger partial charge in [-0.15, -0.1) is 0 Å². The Labute approximate surface area is 165 Å². The van der Waals surface area contributed by atoms with E-state index in [9.17, 15) is 9.59 Å². The summed E-state index contributed by atoms with van der Waals surface area (Å²) < 4.78 is 15.0. The van der Waals surface area contributed by atoms with Crippen LogP contribution in [0.1, 0.15) is 68.6 Å². The molecule has 0 fully saturated rings. The van der Waals surface area contributed by atoms with E-state index >= 15 is 0 Å². The summed E-state index contributed by atoms with van der Waals surface area (Å²) in [6.07, 6.45) is 7.96. The minimum atomic E-state index is -1.08. The summed E-state index contributed by atoms with van der Waals surface area (Å²) in [5, 5.41) is 4.21. The SMILES string of the molecule is CCCCCCCCCCOC(=O)OOOC(=O)c1c(OC)cccc1OC. The van der Waals surface area contributed by atoms with E-state index < -0.39 is 12.1 Å². The summed E-state index contributed by atoms with van der Waals surface area (Å²) in [4.78, 5) is 32.2. The first-order valence-corrected chi connectivity index (χ1v) is 9.57. The van der Waals surface area contributed by atoms with Gasteiger partial charge in [0.05, 0.1) is 25.9 Å². The standard InChI is InChI=1S/C20H30O8/c1-4-5-6-7-8-9-10-11-15-25-20(22)27-28-26-19(21)18-16(23-2)13-12-14-17(18)24-3/h12-14H,4-11,15H2,1-3H3. The van der Waals surface area contributed by atoms with Crippen molar-refractivity contribution in [1.29, 1.82) is 0 Å². The molecule has 0 unspecified atom stereocenters. The molecular formula is C20H30O8. The van der Waals surface area contributed by atoms with Gasteiger partial charge in [-0.05, 0) is 18.6 Å². The highest BCUT2D eigenvalue weighted by molar-refractivity contribution is 5.95. The van der Waals surface area contributed by atoms with Crippen LogP contribution >= 0.6 is 0 Å². The minimum Gasteiger partial charge on any atom is -0.496 e. The molecule has 0 spiro atoms. The molecular weight excluding hydrogens is 368 g/mol. The van der Waals surface area contributed by atoms with E-state index in [0.717, 1.165) is 19.3 Å². The van der Waals surface area contributed by atoms with Gasteiger partial charge in [-0.25, -0.2) is 14.5 Å². The zero-order chi connectivity index (χ0) is 20.6. The molecule has 0 aliphatic heterocycles. The number of benzene rings is 1. The molecule has 0 radical (unpaired) electrons. The van der Waals surface area contributed by atoms with Crippen molar-refractivity contribution in [3.8, 4) is 11.5 Å². The molecule has 1 rings (SSSR count). The second-order valence-electron chi connectivity index (χ2n) is 6.13. The van der Waals surface area contributed by atoms with E-state index in [2.05, 4.69) is 21.7 Å². The maximum atomic E-state index is 12.1. The van der Waals surface area contributed by atoms with Gasteiger partial charge < -0.3 is 14.2 Å². The van der Waals surface area contributed by atoms with Gasteiger partial charge >= 0.3 is 12.1 Å². The van der Waals surface area contributed by atoms with Gasteiger partial charge in [0, 0.05) is 0 Å². The molecule has 0 atom stereocenters. The molecule has 0 aliphatic rings. The maximum Gasteiger partial charge on any atom is 0.543 e. The highest BCUT2D eigenvalue weighted by atomic mass is 17.5. The fourth-order valence-corrected chi connectivity index (χ4v) is 2.59. The quantitative estimate of drug-likeness (QED) is 0.187. The second kappa shape index (κ2) is 14.6. The molecule has 0 N–H and O–H groups in total. The Morgan fingerprint density at radius 1 is 0.821 bits per heavy atom. The lowest BCUT2D eigenvalue weighted by molar-refractivity contribution is -0.452. The lowest BCUT2D eigenvalue weighted by Gasteiger charge is -2.10. The summed E-state index contributed by atoms with van der Waals surface area (Å²) in [6, 6.07) is 4.75. The fraction of sp³-hybridized carbons (Fsp3) is 0.600. The van der Waals surface area contributed by atoms with Crippen LogP contribution in [-0.2, 0) is 19.6 Å². The monoisotopic (exact) mass is 398 g/mol. The van der Waals surface area contributed by atoms with Gasteiger partial charge in [-0.1, -0.05) is 57.9 Å². The van der Waals surface area contributed by atoms with Crippen molar-refractivity contribution >= 4 is 12.1 Å². The number of ether oxygens (including phenoxy) is 3. The molecule has 0 aromatic heterocycles. The molecule has 8 heteroatoms. The van der Waals surface area contributed by atoms with Crippen molar-refractivity contribution in [2.75, 3.05) is 20.8 Å². The lowest BCUT2D eigenvalue weighted by Crippen LogP contribution is -2.14. The zero-order valence-electron chi connectivity index (χ0n) is 16.9. The van der Waals surface area contributed by atoms with Crippen LogP contribution in [0.15, 0.2) is 18.2 Å². The van der Waals surface area contributed by atoms with Crippen LogP contribution in [0.3, 0.4) is 0 Å². The number of hydrogen-bond acceptors (Lipinski definition) is 8. The lowest BCUT2D eigenvalue weighted by atomic mass is 10.1. The van der Waals surface area contributed by atoms with Crippen molar-refractivity contribution in [3.63, 3.8) is 0 Å². The first kappa shape index (κ1) is 23.6. The van der Waals surface area contributed by atoms with Crippen LogP contribution in [0, 0.1) is 0 Å². The van der Waals surface area contributed by atoms with Gasteiger partial charge in [0.1, 0.15) is 17.1 Å². The molecule has 0 bridgehead atoms. The van der Waals surface area contributed by atoms with E-state index in [1.54, 1.807) is 18.2 Å². The molecule has 1 aromatic rings. The average molecular weight is 398 g/mol. The smallest absolute Gasteiger partial charge is 0.496 e. The number of carbonyl (C=O) groups excluding carboxylic acids is 2. The third-order valence-corrected chi connectivity index (χ3v) is 4.06. The third-order valence-electron chi connectivity index (χ3n) is 4.06. The van der Waals surface area contributed by atoms with E-state index in [-0.39, 0.29) is 23.7 Å². The number of methoxy groups -OCH3 is 2. The van der Waals surface area contributed by atoms with E-state index in [1.807, 2.05) is 0 Å². The Balaban J connectivity index is 2.19. The Kier molecular flexibility index (Phi) is 12.3. The van der Waals surface area contributed by atoms with Crippen LogP contribution in [0.25, 0.3) is 0 Å². The van der Waals surface area contributed by atoms with E-state index in [0.29, 0.717) is 0 Å². The van der Waals surface area contributed by atoms with Gasteiger partial charge in [0.15, 0.2) is 0 Å². The first-order chi connectivity index (χ1) is 13.6. The Morgan fingerprint density at radius 3 is 1.96 bits per heavy atom. The molecule has 0 amide bonds. The summed E-state index contributed by atoms with van der Waals surface area (Å²) in [5.41, 5.74) is 0.00315. The number of rotatable bonds is 14. The van der Waals surface area contributed by atoms with Crippen molar-refractivity contribution in [3.05, 3.63) is 23.8 Å². The Morgan fingerprint density at radius 2 is 1.39 bits per heavy atom. The fourth-order valence-electron chi connectivity index (χ4n) is 2.59. The van der Waals surface area contributed by atoms with Gasteiger partial charge in [-0.3, -0.25) is 4.89 Å². The van der Waals surface area contributed by atoms with Crippen LogP contribution in [0.4, 0.5) is 4.79 Å². The van der Waals surface area contributed by atoms with Gasteiger partial charge in [0.2, 0.25) is 0 Å². The van der Waals surface area contributed by atoms with Crippen molar-refractivity contribution in [2.45, 2.75) is 58.3 Å². The summed E-state index contributed by atoms with van der Waals surface area (Å²) in [6.45, 7) is 2.40. The van der Waals surface area contributed by atoms with Crippen LogP contribution < -0.4 is 9.47 Å². The van der Waals surface area contributed by atoms with Crippen molar-refractivity contribution in [2.24, 2.45) is 0 Å². The minimum absolute atomic E-state index is 0.00315. The summed E-state index contributed by atoms with van der Waals surface area (Å²) in [5.74, 6) is -0.486. The van der Waals surface area contributed by atoms with Crippen LogP contribution in [-0.4, -0.2) is 33.0 Å². The molecule has 0 aliphatic carbocycles. The number of hydrogen-bond donors (Lipinski definition) is 0. The van der Waals surface area contributed by atoms with E-state index in [1.165, 1.54) is 46.3 Å². The molecule has 0 saturated carbocycles. The Bertz CT molecular complexity index is 565. The molecule has 1 aromatic carbocycles. The molecule has 0 saturated heterocycles. The topological polar surface area (TPSA) is 89.5 Å². The Hall–Kier alpha value is -2.48. The summed E-state index contributed by atoms with van der Waals surface area (Å²) in [7, 11) is 2.79. The van der Waals surface area contributed by atoms with Crippen molar-refractivity contribution in [1.82, 2.24) is 0 Å². The molecule has 8 nitrogen and oxygen atoms in total. The van der Waals surface area contributed by atoms with Gasteiger partial charge in [0.25, 0.3) is 0 Å². The molecule has 0 heterocycles. The average Bonchev–Trinajstić information content (AvgIpc) is 2.71.